The zero-order valence-electron chi connectivity index (χ0n) is 13.7. The van der Waals surface area contributed by atoms with E-state index in [0.29, 0.717) is 0 Å². The third kappa shape index (κ3) is 8.71. The Morgan fingerprint density at radius 2 is 1.86 bits per heavy atom. The van der Waals surface area contributed by atoms with Gasteiger partial charge in [0.1, 0.15) is 0 Å². The van der Waals surface area contributed by atoms with Gasteiger partial charge < -0.3 is 10.6 Å². The number of aliphatic imine (C=N–C) groups is 1. The van der Waals surface area contributed by atoms with Crippen molar-refractivity contribution in [3.63, 3.8) is 0 Å². The maximum atomic E-state index is 4.49. The zero-order valence-corrected chi connectivity index (χ0v) is 14.6. The largest absolute Gasteiger partial charge is 0.356 e. The number of thiazole rings is 1. The van der Waals surface area contributed by atoms with E-state index >= 15 is 0 Å². The van der Waals surface area contributed by atoms with Gasteiger partial charge in [0, 0.05) is 31.2 Å². The van der Waals surface area contributed by atoms with Gasteiger partial charge in [-0.2, -0.15) is 0 Å². The van der Waals surface area contributed by atoms with Gasteiger partial charge in [-0.25, -0.2) is 4.98 Å². The number of aryl methyl sites for hydroxylation is 2. The first kappa shape index (κ1) is 18.0. The van der Waals surface area contributed by atoms with Crippen LogP contribution in [0.25, 0.3) is 0 Å². The van der Waals surface area contributed by atoms with Gasteiger partial charge in [0.2, 0.25) is 0 Å². The molecular formula is C16H30N4S. The van der Waals surface area contributed by atoms with E-state index in [1.807, 2.05) is 7.05 Å². The summed E-state index contributed by atoms with van der Waals surface area (Å²) >= 11 is 1.77. The van der Waals surface area contributed by atoms with Crippen molar-refractivity contribution >= 4 is 17.3 Å². The molecule has 21 heavy (non-hydrogen) atoms. The number of nitrogens with one attached hydrogen (secondary N) is 2. The van der Waals surface area contributed by atoms with Crippen LogP contribution >= 0.6 is 11.3 Å². The first-order valence-electron chi connectivity index (χ1n) is 8.11. The van der Waals surface area contributed by atoms with Crippen molar-refractivity contribution in [2.24, 2.45) is 4.99 Å². The molecule has 2 N–H and O–H groups in total. The fourth-order valence-electron chi connectivity index (χ4n) is 2.10. The van der Waals surface area contributed by atoms with Crippen molar-refractivity contribution in [1.29, 1.82) is 0 Å². The van der Waals surface area contributed by atoms with Crippen LogP contribution < -0.4 is 10.6 Å². The Morgan fingerprint density at radius 1 is 1.14 bits per heavy atom. The minimum atomic E-state index is 0.927. The average Bonchev–Trinajstić information content (AvgIpc) is 2.90. The summed E-state index contributed by atoms with van der Waals surface area (Å²) in [4.78, 5) is 8.74. The van der Waals surface area contributed by atoms with Crippen LogP contribution in [0.15, 0.2) is 10.4 Å². The van der Waals surface area contributed by atoms with Crippen molar-refractivity contribution in [2.75, 3.05) is 20.1 Å². The molecule has 0 spiro atoms. The molecule has 0 atom stereocenters. The summed E-state index contributed by atoms with van der Waals surface area (Å²) in [5.41, 5.74) is 1.14. The molecule has 0 bridgehead atoms. The molecule has 0 aliphatic rings. The third-order valence-corrected chi connectivity index (χ3v) is 4.35. The summed E-state index contributed by atoms with van der Waals surface area (Å²) in [6, 6.07) is 0. The minimum Gasteiger partial charge on any atom is -0.356 e. The Morgan fingerprint density at radius 3 is 2.43 bits per heavy atom. The maximum absolute atomic E-state index is 4.49. The summed E-state index contributed by atoms with van der Waals surface area (Å²) in [7, 11) is 1.83. The van der Waals surface area contributed by atoms with Crippen molar-refractivity contribution in [1.82, 2.24) is 15.6 Å². The van der Waals surface area contributed by atoms with E-state index in [0.717, 1.165) is 37.6 Å². The van der Waals surface area contributed by atoms with E-state index in [1.165, 1.54) is 37.1 Å². The van der Waals surface area contributed by atoms with E-state index in [1.54, 1.807) is 11.3 Å². The van der Waals surface area contributed by atoms with Crippen molar-refractivity contribution < 1.29 is 0 Å². The van der Waals surface area contributed by atoms with Crippen molar-refractivity contribution in [3.8, 4) is 0 Å². The molecule has 0 radical (unpaired) electrons. The quantitative estimate of drug-likeness (QED) is 0.395. The monoisotopic (exact) mass is 310 g/mol. The van der Waals surface area contributed by atoms with Gasteiger partial charge in [-0.3, -0.25) is 4.99 Å². The molecule has 4 nitrogen and oxygen atoms in total. The number of rotatable bonds is 10. The summed E-state index contributed by atoms with van der Waals surface area (Å²) < 4.78 is 0. The second kappa shape index (κ2) is 11.5. The Kier molecular flexibility index (Phi) is 9.87. The first-order valence-corrected chi connectivity index (χ1v) is 8.99. The standard InChI is InChI=1S/C16H30N4S/c1-4-5-6-8-11-18-16(17-3)19-12-9-7-10-15-20-14(2)13-21-15/h13H,4-12H2,1-3H3,(H2,17,18,19). The van der Waals surface area contributed by atoms with E-state index in [-0.39, 0.29) is 0 Å². The molecule has 1 heterocycles. The Bertz CT molecular complexity index is 401. The smallest absolute Gasteiger partial charge is 0.190 e. The van der Waals surface area contributed by atoms with Crippen LogP contribution in [0, 0.1) is 6.92 Å². The SMILES string of the molecule is CCCCCCNC(=NC)NCCCCc1nc(C)cs1. The van der Waals surface area contributed by atoms with Crippen LogP contribution in [-0.2, 0) is 6.42 Å². The highest BCUT2D eigenvalue weighted by atomic mass is 32.1. The fourth-order valence-corrected chi connectivity index (χ4v) is 2.92. The number of unbranched alkanes of at least 4 members (excludes halogenated alkanes) is 4. The lowest BCUT2D eigenvalue weighted by atomic mass is 10.2. The van der Waals surface area contributed by atoms with Crippen LogP contribution in [-0.4, -0.2) is 31.1 Å². The van der Waals surface area contributed by atoms with Gasteiger partial charge >= 0.3 is 0 Å². The molecule has 1 aromatic heterocycles. The predicted molar refractivity (Wildman–Crippen MR) is 93.3 cm³/mol. The van der Waals surface area contributed by atoms with Crippen LogP contribution in [0.5, 0.6) is 0 Å². The molecular weight excluding hydrogens is 280 g/mol. The van der Waals surface area contributed by atoms with Crippen molar-refractivity contribution in [2.45, 2.75) is 58.8 Å². The maximum Gasteiger partial charge on any atom is 0.190 e. The van der Waals surface area contributed by atoms with Gasteiger partial charge in [-0.05, 0) is 32.6 Å². The van der Waals surface area contributed by atoms with Crippen LogP contribution in [0.3, 0.4) is 0 Å². The number of aromatic nitrogens is 1. The fraction of sp³-hybridized carbons (Fsp3) is 0.750. The molecule has 0 aromatic carbocycles. The predicted octanol–water partition coefficient (Wildman–Crippen LogP) is 3.52. The molecule has 0 fully saturated rings. The minimum absolute atomic E-state index is 0.927. The highest BCUT2D eigenvalue weighted by Gasteiger charge is 1.99. The molecule has 0 amide bonds. The molecule has 1 rings (SSSR count). The molecule has 0 unspecified atom stereocenters. The van der Waals surface area contributed by atoms with Crippen LogP contribution in [0.1, 0.15) is 56.2 Å². The summed E-state index contributed by atoms with van der Waals surface area (Å²) in [6.45, 7) is 6.27. The average molecular weight is 311 g/mol. The normalized spacial score (nSPS) is 11.7. The molecule has 1 aromatic rings. The number of hydrogen-bond acceptors (Lipinski definition) is 3. The third-order valence-electron chi connectivity index (χ3n) is 3.32. The van der Waals surface area contributed by atoms with Crippen LogP contribution in [0.2, 0.25) is 0 Å². The number of nitrogens with zero attached hydrogens (tertiary/aromatic N) is 2. The Labute approximate surface area is 133 Å². The van der Waals surface area contributed by atoms with Gasteiger partial charge in [-0.15, -0.1) is 11.3 Å². The molecule has 5 heteroatoms. The second-order valence-electron chi connectivity index (χ2n) is 5.33. The van der Waals surface area contributed by atoms with E-state index in [9.17, 15) is 0 Å². The lowest BCUT2D eigenvalue weighted by Crippen LogP contribution is -2.38. The van der Waals surface area contributed by atoms with Gasteiger partial charge in [0.05, 0.1) is 5.01 Å². The van der Waals surface area contributed by atoms with Crippen molar-refractivity contribution in [3.05, 3.63) is 16.1 Å². The Hall–Kier alpha value is -1.10. The molecule has 0 saturated carbocycles. The summed E-state index contributed by atoms with van der Waals surface area (Å²) in [6.07, 6.45) is 8.53. The topological polar surface area (TPSA) is 49.3 Å². The lowest BCUT2D eigenvalue weighted by molar-refractivity contribution is 0.641. The van der Waals surface area contributed by atoms with Gasteiger partial charge in [-0.1, -0.05) is 26.2 Å². The summed E-state index contributed by atoms with van der Waals surface area (Å²) in [5.74, 6) is 0.927. The second-order valence-corrected chi connectivity index (χ2v) is 6.27. The molecule has 0 aliphatic carbocycles. The molecule has 0 aliphatic heterocycles. The number of hydrogen-bond donors (Lipinski definition) is 2. The zero-order chi connectivity index (χ0) is 15.3. The van der Waals surface area contributed by atoms with E-state index in [2.05, 4.69) is 39.8 Å². The van der Waals surface area contributed by atoms with Gasteiger partial charge in [0.25, 0.3) is 0 Å². The first-order chi connectivity index (χ1) is 10.3. The molecule has 120 valence electrons. The highest BCUT2D eigenvalue weighted by Crippen LogP contribution is 2.11. The number of guanidine groups is 1. The van der Waals surface area contributed by atoms with Crippen LogP contribution in [0.4, 0.5) is 0 Å². The van der Waals surface area contributed by atoms with E-state index in [4.69, 9.17) is 0 Å². The summed E-state index contributed by atoms with van der Waals surface area (Å²) in [5, 5.41) is 10.1. The lowest BCUT2D eigenvalue weighted by Gasteiger charge is -2.11. The van der Waals surface area contributed by atoms with E-state index < -0.39 is 0 Å². The van der Waals surface area contributed by atoms with Gasteiger partial charge in [0.15, 0.2) is 5.96 Å². The molecule has 0 saturated heterocycles. The highest BCUT2D eigenvalue weighted by molar-refractivity contribution is 7.09. The Balaban J connectivity index is 2.01.